The first kappa shape index (κ1) is 31.8. The molecule has 0 amide bonds. The van der Waals surface area contributed by atoms with Crippen LogP contribution in [0.3, 0.4) is 0 Å². The van der Waals surface area contributed by atoms with Crippen molar-refractivity contribution in [1.29, 1.82) is 0 Å². The minimum Gasteiger partial charge on any atom is -0.349 e. The van der Waals surface area contributed by atoms with Gasteiger partial charge in [0.25, 0.3) is 0 Å². The monoisotopic (exact) mass is 480 g/mol. The third kappa shape index (κ3) is 9.87. The molecule has 0 aliphatic carbocycles. The summed E-state index contributed by atoms with van der Waals surface area (Å²) in [7, 11) is 0.413. The molecule has 0 aromatic carbocycles. The van der Waals surface area contributed by atoms with Crippen LogP contribution in [0.15, 0.2) is 9.98 Å². The molecule has 0 aromatic heterocycles. The summed E-state index contributed by atoms with van der Waals surface area (Å²) >= 11 is 0. The van der Waals surface area contributed by atoms with Crippen molar-refractivity contribution in [1.82, 2.24) is 18.9 Å². The molecule has 0 N–H and O–H groups in total. The highest BCUT2D eigenvalue weighted by atomic mass is 28.2. The molecular formula is C26H56N6Si. The Balaban J connectivity index is 6.74. The lowest BCUT2D eigenvalue weighted by molar-refractivity contribution is 0.242. The van der Waals surface area contributed by atoms with Gasteiger partial charge < -0.3 is 18.9 Å². The zero-order chi connectivity index (χ0) is 26.2. The van der Waals surface area contributed by atoms with E-state index in [0.29, 0.717) is 46.1 Å². The smallest absolute Gasteiger partial charge is 0.337 e. The fraction of sp³-hybridized carbons (Fsp3) is 0.923. The van der Waals surface area contributed by atoms with Crippen molar-refractivity contribution in [2.75, 3.05) is 0 Å². The largest absolute Gasteiger partial charge is 0.349 e. The molecule has 0 atom stereocenters. The van der Waals surface area contributed by atoms with Crippen molar-refractivity contribution >= 4 is 21.8 Å². The molecule has 2 radical (unpaired) electrons. The fourth-order valence-electron chi connectivity index (χ4n) is 3.98. The number of hydrogen-bond donors (Lipinski definition) is 0. The molecule has 33 heavy (non-hydrogen) atoms. The Labute approximate surface area is 209 Å². The van der Waals surface area contributed by atoms with E-state index in [9.17, 15) is 0 Å². The lowest BCUT2D eigenvalue weighted by Crippen LogP contribution is -2.62. The maximum Gasteiger partial charge on any atom is 0.337 e. The van der Waals surface area contributed by atoms with Gasteiger partial charge in [0, 0.05) is 48.3 Å². The Bertz CT molecular complexity index is 540. The van der Waals surface area contributed by atoms with Gasteiger partial charge in [0.1, 0.15) is 0 Å². The zero-order valence-electron chi connectivity index (χ0n) is 24.8. The van der Waals surface area contributed by atoms with E-state index in [1.54, 1.807) is 0 Å². The molecule has 0 saturated carbocycles. The fourth-order valence-corrected chi connectivity index (χ4v) is 5.20. The summed E-state index contributed by atoms with van der Waals surface area (Å²) in [4.78, 5) is 15.3. The van der Waals surface area contributed by atoms with E-state index in [4.69, 9.17) is 9.98 Å². The maximum atomic E-state index is 5.18. The van der Waals surface area contributed by atoms with Crippen LogP contribution in [0.4, 0.5) is 0 Å². The summed E-state index contributed by atoms with van der Waals surface area (Å²) in [5.74, 6) is 2.19. The Morgan fingerprint density at radius 3 is 0.818 bits per heavy atom. The topological polar surface area (TPSA) is 37.7 Å². The van der Waals surface area contributed by atoms with Crippen molar-refractivity contribution in [3.63, 3.8) is 0 Å². The molecule has 0 bridgehead atoms. The number of aliphatic imine (C=N–C) groups is 2. The van der Waals surface area contributed by atoms with Gasteiger partial charge in [-0.2, -0.15) is 0 Å². The van der Waals surface area contributed by atoms with E-state index in [2.05, 4.69) is 130 Å². The van der Waals surface area contributed by atoms with Gasteiger partial charge in [0.05, 0.1) is 0 Å². The summed E-state index contributed by atoms with van der Waals surface area (Å²) < 4.78 is 4.99. The van der Waals surface area contributed by atoms with Crippen molar-refractivity contribution in [2.24, 2.45) is 9.98 Å². The Hall–Kier alpha value is -1.24. The van der Waals surface area contributed by atoms with Gasteiger partial charge in [0.15, 0.2) is 11.9 Å². The van der Waals surface area contributed by atoms with E-state index in [1.807, 2.05) is 0 Å². The lowest BCUT2D eigenvalue weighted by atomic mass is 10.2. The van der Waals surface area contributed by atoms with Gasteiger partial charge in [-0.3, -0.25) is 9.98 Å². The highest BCUT2D eigenvalue weighted by Gasteiger charge is 2.33. The van der Waals surface area contributed by atoms with Gasteiger partial charge in [-0.05, 0) is 111 Å². The van der Waals surface area contributed by atoms with Crippen LogP contribution in [-0.4, -0.2) is 89.0 Å². The molecule has 0 aliphatic rings. The second-order valence-corrected chi connectivity index (χ2v) is 12.4. The van der Waals surface area contributed by atoms with Crippen molar-refractivity contribution < 1.29 is 0 Å². The maximum absolute atomic E-state index is 5.18. The second-order valence-electron chi connectivity index (χ2n) is 11.3. The molecule has 0 aliphatic heterocycles. The molecule has 0 heterocycles. The first-order valence-corrected chi connectivity index (χ1v) is 14.0. The normalized spacial score (nSPS) is 13.7. The molecule has 0 saturated heterocycles. The number of rotatable bonds is 10. The van der Waals surface area contributed by atoms with Crippen LogP contribution in [-0.2, 0) is 0 Å². The SMILES string of the molecule is CC(C)N=C(N([Si]N(C(=NC(C)C)N(C(C)C)C(C)C)C(C)C)C(C)C)N(C(C)C)C(C)C. The highest BCUT2D eigenvalue weighted by molar-refractivity contribution is 6.38. The average Bonchev–Trinajstić information content (AvgIpc) is 2.58. The van der Waals surface area contributed by atoms with Gasteiger partial charge in [-0.25, -0.2) is 0 Å². The number of hydrogen-bond acceptors (Lipinski definition) is 2. The molecule has 0 rings (SSSR count). The molecule has 6 nitrogen and oxygen atoms in total. The van der Waals surface area contributed by atoms with Crippen LogP contribution in [0.1, 0.15) is 111 Å². The Morgan fingerprint density at radius 1 is 0.424 bits per heavy atom. The van der Waals surface area contributed by atoms with Crippen LogP contribution in [0.2, 0.25) is 0 Å². The van der Waals surface area contributed by atoms with Gasteiger partial charge in [-0.1, -0.05) is 0 Å². The summed E-state index contributed by atoms with van der Waals surface area (Å²) in [6.45, 7) is 35.9. The summed E-state index contributed by atoms with van der Waals surface area (Å²) in [6.07, 6.45) is 0. The van der Waals surface area contributed by atoms with Gasteiger partial charge in [0.2, 0.25) is 0 Å². The number of nitrogens with zero attached hydrogens (tertiary/aromatic N) is 6. The Kier molecular flexibility index (Phi) is 13.7. The van der Waals surface area contributed by atoms with E-state index in [1.165, 1.54) is 0 Å². The molecule has 0 spiro atoms. The van der Waals surface area contributed by atoms with E-state index >= 15 is 0 Å². The third-order valence-corrected chi connectivity index (χ3v) is 6.98. The summed E-state index contributed by atoms with van der Waals surface area (Å²) in [5, 5.41) is 0. The third-order valence-electron chi connectivity index (χ3n) is 5.11. The number of guanidine groups is 2. The van der Waals surface area contributed by atoms with Crippen LogP contribution in [0, 0.1) is 0 Å². The first-order valence-electron chi connectivity index (χ1n) is 13.1. The minimum absolute atomic E-state index is 0.227. The standard InChI is InChI=1S/C26H56N6Si/c1-17(2)27-25(29(19(5)6)20(7)8)31(23(13)14)33-32(24(15)16)26(28-18(3)4)30(21(9)10)22(11)12/h17-24H,1-16H3. The van der Waals surface area contributed by atoms with Crippen molar-refractivity contribution in [3.05, 3.63) is 0 Å². The average molecular weight is 481 g/mol. The Morgan fingerprint density at radius 2 is 0.667 bits per heavy atom. The van der Waals surface area contributed by atoms with Crippen molar-refractivity contribution in [2.45, 2.75) is 159 Å². The molecular weight excluding hydrogens is 424 g/mol. The van der Waals surface area contributed by atoms with Gasteiger partial charge in [-0.15, -0.1) is 0 Å². The van der Waals surface area contributed by atoms with Gasteiger partial charge >= 0.3 is 9.84 Å². The van der Waals surface area contributed by atoms with Crippen LogP contribution in [0.5, 0.6) is 0 Å². The van der Waals surface area contributed by atoms with E-state index < -0.39 is 0 Å². The predicted octanol–water partition coefficient (Wildman–Crippen LogP) is 5.71. The van der Waals surface area contributed by atoms with E-state index in [0.717, 1.165) is 11.9 Å². The summed E-state index contributed by atoms with van der Waals surface area (Å²) in [5.41, 5.74) is 0. The van der Waals surface area contributed by atoms with Crippen LogP contribution in [0.25, 0.3) is 0 Å². The predicted molar refractivity (Wildman–Crippen MR) is 149 cm³/mol. The quantitative estimate of drug-likeness (QED) is 0.228. The lowest BCUT2D eigenvalue weighted by Gasteiger charge is -2.46. The van der Waals surface area contributed by atoms with Crippen LogP contribution >= 0.6 is 0 Å². The van der Waals surface area contributed by atoms with Crippen molar-refractivity contribution in [3.8, 4) is 0 Å². The minimum atomic E-state index is 0.227. The molecule has 0 fully saturated rings. The molecule has 0 unspecified atom stereocenters. The second kappa shape index (κ2) is 14.2. The first-order chi connectivity index (χ1) is 15.0. The zero-order valence-corrected chi connectivity index (χ0v) is 25.8. The molecule has 0 aromatic rings. The molecule has 194 valence electrons. The van der Waals surface area contributed by atoms with Crippen LogP contribution < -0.4 is 0 Å². The summed E-state index contributed by atoms with van der Waals surface area (Å²) in [6, 6.07) is 2.55. The molecule has 7 heteroatoms. The highest BCUT2D eigenvalue weighted by Crippen LogP contribution is 2.18. The van der Waals surface area contributed by atoms with E-state index in [-0.39, 0.29) is 12.1 Å².